The zero-order valence-corrected chi connectivity index (χ0v) is 11.8. The molecule has 0 aliphatic carbocycles. The Labute approximate surface area is 121 Å². The molecule has 0 fully saturated rings. The van der Waals surface area contributed by atoms with E-state index in [1.807, 2.05) is 37.3 Å². The highest BCUT2D eigenvalue weighted by molar-refractivity contribution is 7.80. The summed E-state index contributed by atoms with van der Waals surface area (Å²) in [6, 6.07) is 11.5. The second-order valence-corrected chi connectivity index (χ2v) is 4.59. The third-order valence-corrected chi connectivity index (χ3v) is 2.77. The van der Waals surface area contributed by atoms with Gasteiger partial charge >= 0.3 is 0 Å². The molecule has 20 heavy (non-hydrogen) atoms. The molecule has 0 bridgehead atoms. The lowest BCUT2D eigenvalue weighted by molar-refractivity contribution is 0.0938. The van der Waals surface area contributed by atoms with Gasteiger partial charge < -0.3 is 5.32 Å². The molecule has 1 aromatic heterocycles. The van der Waals surface area contributed by atoms with Gasteiger partial charge in [-0.15, -0.1) is 0 Å². The molecule has 0 aliphatic heterocycles. The van der Waals surface area contributed by atoms with Crippen LogP contribution in [0.25, 0.3) is 0 Å². The van der Waals surface area contributed by atoms with Crippen molar-refractivity contribution in [2.45, 2.75) is 13.5 Å². The number of aromatic amines is 1. The smallest absolute Gasteiger partial charge is 0.290 e. The van der Waals surface area contributed by atoms with Gasteiger partial charge in [0.05, 0.1) is 0 Å². The van der Waals surface area contributed by atoms with Crippen molar-refractivity contribution in [3.05, 3.63) is 53.3 Å². The maximum absolute atomic E-state index is 11.7. The van der Waals surface area contributed by atoms with Crippen molar-refractivity contribution in [3.63, 3.8) is 0 Å². The maximum Gasteiger partial charge on any atom is 0.290 e. The average Bonchev–Trinajstić information content (AvgIpc) is 2.90. The molecule has 6 nitrogen and oxygen atoms in total. The number of amides is 1. The summed E-state index contributed by atoms with van der Waals surface area (Å²) < 4.78 is 0. The van der Waals surface area contributed by atoms with Gasteiger partial charge in [0, 0.05) is 12.2 Å². The number of carbonyl (C=O) groups excluding carboxylic acids is 1. The number of nitrogens with zero attached hydrogens (tertiary/aromatic N) is 1. The van der Waals surface area contributed by atoms with Crippen LogP contribution in [0.15, 0.2) is 36.4 Å². The van der Waals surface area contributed by atoms with E-state index in [4.69, 9.17) is 12.2 Å². The van der Waals surface area contributed by atoms with E-state index in [0.29, 0.717) is 17.4 Å². The summed E-state index contributed by atoms with van der Waals surface area (Å²) in [7, 11) is 0. The number of hydrazine groups is 1. The molecule has 0 aliphatic rings. The number of hydrogen-bond donors (Lipinski definition) is 4. The van der Waals surface area contributed by atoms with E-state index in [9.17, 15) is 4.79 Å². The molecule has 0 atom stereocenters. The number of H-pyrrole nitrogens is 1. The predicted molar refractivity (Wildman–Crippen MR) is 79.8 cm³/mol. The number of aromatic nitrogens is 2. The van der Waals surface area contributed by atoms with Gasteiger partial charge in [-0.3, -0.25) is 20.7 Å². The van der Waals surface area contributed by atoms with Crippen LogP contribution >= 0.6 is 12.2 Å². The Morgan fingerprint density at radius 3 is 2.70 bits per heavy atom. The Hall–Kier alpha value is -2.41. The minimum absolute atomic E-state index is 0.306. The van der Waals surface area contributed by atoms with E-state index >= 15 is 0 Å². The number of aryl methyl sites for hydroxylation is 1. The zero-order valence-electron chi connectivity index (χ0n) is 10.9. The minimum Gasteiger partial charge on any atom is -0.357 e. The van der Waals surface area contributed by atoms with Crippen LogP contribution in [-0.2, 0) is 6.54 Å². The van der Waals surface area contributed by atoms with Crippen molar-refractivity contribution in [2.75, 3.05) is 0 Å². The van der Waals surface area contributed by atoms with Gasteiger partial charge in [0.1, 0.15) is 0 Å². The van der Waals surface area contributed by atoms with Crippen LogP contribution in [0, 0.1) is 6.92 Å². The van der Waals surface area contributed by atoms with E-state index < -0.39 is 0 Å². The highest BCUT2D eigenvalue weighted by atomic mass is 32.1. The SMILES string of the molecule is Cc1cc(C(=O)NNC(=S)NCc2ccccc2)n[nH]1. The Kier molecular flexibility index (Phi) is 4.67. The standard InChI is InChI=1S/C13H15N5OS/c1-9-7-11(16-15-9)12(19)17-18-13(20)14-8-10-5-3-2-4-6-10/h2-7H,8H2,1H3,(H,15,16)(H,17,19)(H2,14,18,20). The van der Waals surface area contributed by atoms with Gasteiger partial charge in [-0.2, -0.15) is 5.10 Å². The molecule has 104 valence electrons. The van der Waals surface area contributed by atoms with E-state index in [0.717, 1.165) is 11.3 Å². The van der Waals surface area contributed by atoms with Crippen LogP contribution in [-0.4, -0.2) is 21.2 Å². The number of carbonyl (C=O) groups is 1. The van der Waals surface area contributed by atoms with Crippen molar-refractivity contribution in [1.82, 2.24) is 26.4 Å². The third-order valence-electron chi connectivity index (χ3n) is 2.52. The molecule has 2 aromatic rings. The second kappa shape index (κ2) is 6.67. The summed E-state index contributed by atoms with van der Waals surface area (Å²) in [6.07, 6.45) is 0. The van der Waals surface area contributed by atoms with Crippen molar-refractivity contribution in [2.24, 2.45) is 0 Å². The largest absolute Gasteiger partial charge is 0.357 e. The summed E-state index contributed by atoms with van der Waals surface area (Å²) in [4.78, 5) is 11.7. The highest BCUT2D eigenvalue weighted by Crippen LogP contribution is 1.97. The topological polar surface area (TPSA) is 81.8 Å². The highest BCUT2D eigenvalue weighted by Gasteiger charge is 2.08. The fraction of sp³-hybridized carbons (Fsp3) is 0.154. The zero-order chi connectivity index (χ0) is 14.4. The summed E-state index contributed by atoms with van der Waals surface area (Å²) in [5.41, 5.74) is 7.33. The van der Waals surface area contributed by atoms with Crippen LogP contribution in [0.1, 0.15) is 21.7 Å². The quantitative estimate of drug-likeness (QED) is 0.501. The summed E-state index contributed by atoms with van der Waals surface area (Å²) in [5, 5.41) is 9.87. The fourth-order valence-corrected chi connectivity index (χ4v) is 1.66. The number of nitrogens with one attached hydrogen (secondary N) is 4. The molecule has 1 aromatic carbocycles. The van der Waals surface area contributed by atoms with E-state index in [2.05, 4.69) is 26.4 Å². The first-order chi connectivity index (χ1) is 9.65. The lowest BCUT2D eigenvalue weighted by atomic mass is 10.2. The van der Waals surface area contributed by atoms with E-state index in [-0.39, 0.29) is 5.91 Å². The molecular formula is C13H15N5OS. The Bertz CT molecular complexity index is 596. The van der Waals surface area contributed by atoms with Crippen molar-refractivity contribution >= 4 is 23.2 Å². The molecule has 1 amide bonds. The molecule has 7 heteroatoms. The van der Waals surface area contributed by atoms with Gasteiger partial charge in [-0.1, -0.05) is 30.3 Å². The van der Waals surface area contributed by atoms with Gasteiger partial charge in [0.15, 0.2) is 10.8 Å². The van der Waals surface area contributed by atoms with Gasteiger partial charge in [0.25, 0.3) is 5.91 Å². The molecule has 0 saturated heterocycles. The molecule has 4 N–H and O–H groups in total. The first-order valence-corrected chi connectivity index (χ1v) is 6.46. The van der Waals surface area contributed by atoms with E-state index in [1.54, 1.807) is 6.07 Å². The number of hydrogen-bond acceptors (Lipinski definition) is 3. The minimum atomic E-state index is -0.349. The normalized spacial score (nSPS) is 9.85. The molecule has 2 rings (SSSR count). The lowest BCUT2D eigenvalue weighted by Crippen LogP contribution is -2.46. The number of rotatable bonds is 3. The third kappa shape index (κ3) is 4.06. The summed E-state index contributed by atoms with van der Waals surface area (Å²) >= 11 is 5.06. The maximum atomic E-state index is 11.7. The summed E-state index contributed by atoms with van der Waals surface area (Å²) in [5.74, 6) is -0.349. The first-order valence-electron chi connectivity index (χ1n) is 6.05. The Morgan fingerprint density at radius 2 is 2.05 bits per heavy atom. The van der Waals surface area contributed by atoms with Crippen LogP contribution in [0.3, 0.4) is 0 Å². The van der Waals surface area contributed by atoms with E-state index in [1.165, 1.54) is 0 Å². The van der Waals surface area contributed by atoms with Crippen LogP contribution < -0.4 is 16.2 Å². The molecule has 0 saturated carbocycles. The number of benzene rings is 1. The predicted octanol–water partition coefficient (Wildman–Crippen LogP) is 1.03. The van der Waals surface area contributed by atoms with Crippen LogP contribution in [0.5, 0.6) is 0 Å². The molecule has 0 spiro atoms. The van der Waals surface area contributed by atoms with Crippen LogP contribution in [0.2, 0.25) is 0 Å². The monoisotopic (exact) mass is 289 g/mol. The van der Waals surface area contributed by atoms with Gasteiger partial charge in [0.2, 0.25) is 0 Å². The van der Waals surface area contributed by atoms with Crippen molar-refractivity contribution in [1.29, 1.82) is 0 Å². The molecule has 0 radical (unpaired) electrons. The fourth-order valence-electron chi connectivity index (χ4n) is 1.53. The van der Waals surface area contributed by atoms with Gasteiger partial charge in [-0.05, 0) is 30.8 Å². The summed E-state index contributed by atoms with van der Waals surface area (Å²) in [6.45, 7) is 2.41. The lowest BCUT2D eigenvalue weighted by Gasteiger charge is -2.10. The molecular weight excluding hydrogens is 274 g/mol. The number of thiocarbonyl (C=S) groups is 1. The molecule has 1 heterocycles. The van der Waals surface area contributed by atoms with Gasteiger partial charge in [-0.25, -0.2) is 0 Å². The first kappa shape index (κ1) is 14.0. The molecule has 0 unspecified atom stereocenters. The van der Waals surface area contributed by atoms with Crippen molar-refractivity contribution in [3.8, 4) is 0 Å². The average molecular weight is 289 g/mol. The van der Waals surface area contributed by atoms with Crippen molar-refractivity contribution < 1.29 is 4.79 Å². The Balaban J connectivity index is 1.74. The Morgan fingerprint density at radius 1 is 1.30 bits per heavy atom. The second-order valence-electron chi connectivity index (χ2n) is 4.18. The van der Waals surface area contributed by atoms with Crippen LogP contribution in [0.4, 0.5) is 0 Å².